The van der Waals surface area contributed by atoms with Gasteiger partial charge in [0.1, 0.15) is 41.9 Å². The molecule has 0 radical (unpaired) electrons. The van der Waals surface area contributed by atoms with E-state index in [0.29, 0.717) is 44.6 Å². The van der Waals surface area contributed by atoms with Gasteiger partial charge in [-0.15, -0.1) is 5.10 Å². The van der Waals surface area contributed by atoms with Crippen LogP contribution in [0.25, 0.3) is 0 Å². The summed E-state index contributed by atoms with van der Waals surface area (Å²) in [4.78, 5) is 32.5. The van der Waals surface area contributed by atoms with Gasteiger partial charge in [-0.25, -0.2) is 13.9 Å². The summed E-state index contributed by atoms with van der Waals surface area (Å²) in [5, 5.41) is 68.3. The normalized spacial score (nSPS) is 40.8. The van der Waals surface area contributed by atoms with Gasteiger partial charge < -0.3 is 68.5 Å². The van der Waals surface area contributed by atoms with Crippen molar-refractivity contribution in [3.05, 3.63) is 42.0 Å². The average molecular weight is 1040 g/mol. The van der Waals surface area contributed by atoms with Crippen molar-refractivity contribution >= 4 is 17.7 Å². The second-order valence-corrected chi connectivity index (χ2v) is 22.3. The van der Waals surface area contributed by atoms with Crippen LogP contribution in [-0.2, 0) is 50.9 Å². The van der Waals surface area contributed by atoms with Gasteiger partial charge in [0.15, 0.2) is 12.6 Å². The van der Waals surface area contributed by atoms with E-state index >= 15 is 0 Å². The number of methoxy groups -OCH3 is 1. The Labute approximate surface area is 430 Å². The van der Waals surface area contributed by atoms with Crippen LogP contribution in [0.2, 0.25) is 0 Å². The van der Waals surface area contributed by atoms with E-state index in [1.165, 1.54) is 43.2 Å². The summed E-state index contributed by atoms with van der Waals surface area (Å²) in [7, 11) is 5.25. The first-order valence-corrected chi connectivity index (χ1v) is 26.1. The maximum atomic E-state index is 14.5. The van der Waals surface area contributed by atoms with Gasteiger partial charge in [-0.3, -0.25) is 9.69 Å². The molecule has 414 valence electrons. The number of carbonyl (C=O) groups excluding carboxylic acids is 2. The fraction of sp³-hybridized carbons (Fsp3) is 0.808. The van der Waals surface area contributed by atoms with Crippen LogP contribution in [0.15, 0.2) is 30.5 Å². The topological polar surface area (TPSA) is 240 Å². The molecule has 1 aromatic heterocycles. The second kappa shape index (κ2) is 24.3. The standard InChI is InChI=1S/C52H85FN6O14/c1-14-40-52(10,66)44(61)33(6)57(12)25-29(2)23-50(8,65)46(31(4)43(32(5)47(63)71-40)72-41-24-51(9,67-13)45(62)34(7)69-41)73-48-42(60)39(22-30(3)68-48)56(11)21-15-16-36-26-58(55-54-36)27-38-28-59(49(64)70-38)37-19-17-35(53)18-20-37/h17-20,26,29-34,38-46,48,60-62,65-66H,14-16,21-25,27-28H2,1-13H3/t29-,30-,31+,32-,33-,34+,38+,39+,40-,41+,42-,43+,44-,45+,46-,48+,50-,51-,52-/m1/s1. The molecule has 0 spiro atoms. The Morgan fingerprint density at radius 2 is 1.62 bits per heavy atom. The quantitative estimate of drug-likeness (QED) is 0.170. The van der Waals surface area contributed by atoms with E-state index in [2.05, 4.69) is 15.2 Å². The number of halogens is 1. The van der Waals surface area contributed by atoms with Crippen LogP contribution < -0.4 is 4.90 Å². The second-order valence-electron chi connectivity index (χ2n) is 22.3. The van der Waals surface area contributed by atoms with Gasteiger partial charge in [0.05, 0.1) is 60.3 Å². The molecule has 4 aliphatic heterocycles. The Hall–Kier alpha value is -3.45. The molecule has 6 rings (SSSR count). The van der Waals surface area contributed by atoms with Crippen molar-refractivity contribution in [3.63, 3.8) is 0 Å². The summed E-state index contributed by atoms with van der Waals surface area (Å²) in [6, 6.07) is 4.64. The van der Waals surface area contributed by atoms with Crippen molar-refractivity contribution in [1.29, 1.82) is 0 Å². The van der Waals surface area contributed by atoms with E-state index < -0.39 is 120 Å². The maximum absolute atomic E-state index is 14.5. The van der Waals surface area contributed by atoms with Crippen LogP contribution in [0.4, 0.5) is 14.9 Å². The minimum absolute atomic E-state index is 0.0898. The molecule has 73 heavy (non-hydrogen) atoms. The van der Waals surface area contributed by atoms with E-state index in [4.69, 9.17) is 33.2 Å². The molecule has 1 aromatic carbocycles. The molecule has 0 unspecified atom stereocenters. The lowest BCUT2D eigenvalue weighted by molar-refractivity contribution is -0.318. The number of anilines is 1. The molecule has 5 N–H and O–H groups in total. The molecule has 1 amide bonds. The van der Waals surface area contributed by atoms with Gasteiger partial charge in [0.2, 0.25) is 0 Å². The summed E-state index contributed by atoms with van der Waals surface area (Å²) < 4.78 is 58.9. The highest BCUT2D eigenvalue weighted by molar-refractivity contribution is 5.89. The SMILES string of the molecule is CC[C@H]1OC(=O)[C@H](C)[C@@H](O[C@H]2C[C@@](C)(OC)[C@@H](O)[C@H](C)O2)[C@H](C)[C@@H](O[C@@H]2O[C@H](C)C[C@H](N(C)CCCc3cn(C[C@H]4CN(c5ccc(F)cc5)C(=O)O4)nn3)[C@H]2O)[C@](C)(O)C[C@@H](C)CN(C)[C@H](C)[C@@H](O)[C@]1(C)O. The number of cyclic esters (lactones) is 2. The number of aliphatic hydroxyl groups is 5. The lowest BCUT2D eigenvalue weighted by Crippen LogP contribution is -2.60. The Kier molecular flexibility index (Phi) is 19.5. The lowest BCUT2D eigenvalue weighted by Gasteiger charge is -2.49. The summed E-state index contributed by atoms with van der Waals surface area (Å²) in [5.74, 6) is -3.23. The number of aliphatic hydroxyl groups excluding tert-OH is 3. The Morgan fingerprint density at radius 3 is 2.27 bits per heavy atom. The number of nitrogens with zero attached hydrogens (tertiary/aromatic N) is 6. The van der Waals surface area contributed by atoms with Crippen LogP contribution in [0.5, 0.6) is 0 Å². The molecule has 2 aromatic rings. The van der Waals surface area contributed by atoms with Gasteiger partial charge >= 0.3 is 12.1 Å². The molecule has 0 aliphatic carbocycles. The third-order valence-corrected chi connectivity index (χ3v) is 16.0. The van der Waals surface area contributed by atoms with Crippen LogP contribution in [-0.4, -0.2) is 200 Å². The minimum Gasteiger partial charge on any atom is -0.459 e. The number of benzene rings is 1. The van der Waals surface area contributed by atoms with E-state index in [9.17, 15) is 39.5 Å². The fourth-order valence-corrected chi connectivity index (χ4v) is 11.5. The highest BCUT2D eigenvalue weighted by Crippen LogP contribution is 2.40. The summed E-state index contributed by atoms with van der Waals surface area (Å²) in [6.07, 6.45) is -7.17. The van der Waals surface area contributed by atoms with Gasteiger partial charge in [-0.05, 0) is 131 Å². The van der Waals surface area contributed by atoms with Crippen molar-refractivity contribution in [2.24, 2.45) is 17.8 Å². The summed E-state index contributed by atoms with van der Waals surface area (Å²) >= 11 is 0. The predicted molar refractivity (Wildman–Crippen MR) is 265 cm³/mol. The van der Waals surface area contributed by atoms with Crippen molar-refractivity contribution in [3.8, 4) is 0 Å². The molecule has 19 atom stereocenters. The Morgan fingerprint density at radius 1 is 0.932 bits per heavy atom. The molecule has 4 fully saturated rings. The highest BCUT2D eigenvalue weighted by atomic mass is 19.1. The van der Waals surface area contributed by atoms with Crippen LogP contribution in [0.3, 0.4) is 0 Å². The maximum Gasteiger partial charge on any atom is 0.414 e. The average Bonchev–Trinajstić information content (AvgIpc) is 3.94. The lowest BCUT2D eigenvalue weighted by atomic mass is 9.77. The predicted octanol–water partition coefficient (Wildman–Crippen LogP) is 3.66. The molecule has 5 heterocycles. The molecule has 21 heteroatoms. The molecule has 0 bridgehead atoms. The highest BCUT2D eigenvalue weighted by Gasteiger charge is 2.53. The number of ether oxygens (including phenoxy) is 7. The zero-order valence-corrected chi connectivity index (χ0v) is 45.2. The smallest absolute Gasteiger partial charge is 0.414 e. The number of carbonyl (C=O) groups is 2. The molecular weight excluding hydrogens is 952 g/mol. The number of hydrogen-bond donors (Lipinski definition) is 5. The third kappa shape index (κ3) is 13.8. The molecule has 20 nitrogen and oxygen atoms in total. The number of hydrogen-bond acceptors (Lipinski definition) is 18. The van der Waals surface area contributed by atoms with E-state index in [1.807, 2.05) is 39.0 Å². The van der Waals surface area contributed by atoms with Gasteiger partial charge in [-0.2, -0.15) is 0 Å². The summed E-state index contributed by atoms with van der Waals surface area (Å²) in [5.41, 5.74) is -3.28. The molecular formula is C52H85FN6O14. The number of esters is 1. The number of aryl methyl sites for hydroxylation is 1. The van der Waals surface area contributed by atoms with Crippen molar-refractivity contribution in [2.45, 2.75) is 211 Å². The zero-order valence-electron chi connectivity index (χ0n) is 45.2. The van der Waals surface area contributed by atoms with E-state index in [-0.39, 0.29) is 37.8 Å². The van der Waals surface area contributed by atoms with Gasteiger partial charge in [-0.1, -0.05) is 26.0 Å². The first-order valence-electron chi connectivity index (χ1n) is 26.1. The monoisotopic (exact) mass is 1040 g/mol. The van der Waals surface area contributed by atoms with Gasteiger partial charge in [0, 0.05) is 50.0 Å². The fourth-order valence-electron chi connectivity index (χ4n) is 11.5. The Balaban J connectivity index is 1.21. The first kappa shape index (κ1) is 58.8. The minimum atomic E-state index is -1.85. The molecule has 0 saturated carbocycles. The van der Waals surface area contributed by atoms with E-state index in [0.717, 1.165) is 5.69 Å². The number of rotatable bonds is 14. The van der Waals surface area contributed by atoms with Crippen molar-refractivity contribution < 1.29 is 72.7 Å². The number of likely N-dealkylation sites (N-methyl/N-ethyl adjacent to an activating group) is 2. The number of amides is 1. The van der Waals surface area contributed by atoms with Crippen LogP contribution in [0, 0.1) is 23.6 Å². The van der Waals surface area contributed by atoms with Crippen LogP contribution >= 0.6 is 0 Å². The number of aromatic nitrogens is 3. The Bertz CT molecular complexity index is 2100. The summed E-state index contributed by atoms with van der Waals surface area (Å²) in [6.45, 7) is 19.0. The van der Waals surface area contributed by atoms with Crippen molar-refractivity contribution in [1.82, 2.24) is 24.8 Å². The largest absolute Gasteiger partial charge is 0.459 e. The molecule has 4 aliphatic rings. The first-order chi connectivity index (χ1) is 34.2. The van der Waals surface area contributed by atoms with E-state index in [1.54, 1.807) is 53.1 Å². The van der Waals surface area contributed by atoms with Crippen LogP contribution in [0.1, 0.15) is 107 Å². The zero-order chi connectivity index (χ0) is 53.9. The van der Waals surface area contributed by atoms with Crippen molar-refractivity contribution in [2.75, 3.05) is 45.7 Å². The molecule has 4 saturated heterocycles. The third-order valence-electron chi connectivity index (χ3n) is 16.0. The van der Waals surface area contributed by atoms with Gasteiger partial charge in [0.25, 0.3) is 0 Å².